The average Bonchev–Trinajstić information content (AvgIpc) is 2.92. The second-order valence-electron chi connectivity index (χ2n) is 5.82. The van der Waals surface area contributed by atoms with Crippen molar-refractivity contribution < 1.29 is 0 Å². The lowest BCUT2D eigenvalue weighted by Gasteiger charge is -2.32. The Kier molecular flexibility index (Phi) is 6.42. The number of nitrogens with zero attached hydrogens (tertiary/aromatic N) is 3. The van der Waals surface area contributed by atoms with Gasteiger partial charge in [0.2, 0.25) is 0 Å². The van der Waals surface area contributed by atoms with Crippen LogP contribution >= 0.6 is 11.3 Å². The van der Waals surface area contributed by atoms with Crippen molar-refractivity contribution in [2.24, 2.45) is 0 Å². The monoisotopic (exact) mass is 296 g/mol. The molecule has 0 aromatic carbocycles. The van der Waals surface area contributed by atoms with Gasteiger partial charge >= 0.3 is 0 Å². The summed E-state index contributed by atoms with van der Waals surface area (Å²) in [6.07, 6.45) is 2.26. The van der Waals surface area contributed by atoms with E-state index < -0.39 is 0 Å². The first kappa shape index (κ1) is 15.9. The standard InChI is InChI=1S/C15H28N4S/c1-4-13(2)16-11-14-12-20-15(17-14)5-6-19-9-7-18(3)8-10-19/h12-13,16H,4-11H2,1-3H3. The van der Waals surface area contributed by atoms with Crippen LogP contribution in [0, 0.1) is 0 Å². The highest BCUT2D eigenvalue weighted by Gasteiger charge is 2.14. The largest absolute Gasteiger partial charge is 0.309 e. The molecule has 0 saturated carbocycles. The molecule has 20 heavy (non-hydrogen) atoms. The zero-order valence-corrected chi connectivity index (χ0v) is 13.9. The lowest BCUT2D eigenvalue weighted by molar-refractivity contribution is 0.155. The third-order valence-electron chi connectivity index (χ3n) is 4.08. The van der Waals surface area contributed by atoms with Crippen LogP contribution in [0.5, 0.6) is 0 Å². The molecule has 1 atom stereocenters. The number of likely N-dealkylation sites (N-methyl/N-ethyl adjacent to an activating group) is 1. The fraction of sp³-hybridized carbons (Fsp3) is 0.800. The highest BCUT2D eigenvalue weighted by atomic mass is 32.1. The molecule has 0 spiro atoms. The maximum Gasteiger partial charge on any atom is 0.0941 e. The minimum Gasteiger partial charge on any atom is -0.309 e. The van der Waals surface area contributed by atoms with Gasteiger partial charge in [0, 0.05) is 57.1 Å². The van der Waals surface area contributed by atoms with E-state index in [1.54, 1.807) is 0 Å². The van der Waals surface area contributed by atoms with Gasteiger partial charge in [-0.05, 0) is 20.4 Å². The highest BCUT2D eigenvalue weighted by Crippen LogP contribution is 2.12. The van der Waals surface area contributed by atoms with E-state index in [4.69, 9.17) is 4.98 Å². The number of aromatic nitrogens is 1. The number of rotatable bonds is 7. The van der Waals surface area contributed by atoms with Crippen LogP contribution in [0.2, 0.25) is 0 Å². The number of thiazole rings is 1. The summed E-state index contributed by atoms with van der Waals surface area (Å²) in [6, 6.07) is 0.575. The maximum absolute atomic E-state index is 4.73. The highest BCUT2D eigenvalue weighted by molar-refractivity contribution is 7.09. The van der Waals surface area contributed by atoms with Crippen molar-refractivity contribution >= 4 is 11.3 Å². The fourth-order valence-corrected chi connectivity index (χ4v) is 3.08. The third-order valence-corrected chi connectivity index (χ3v) is 5.04. The average molecular weight is 296 g/mol. The van der Waals surface area contributed by atoms with Gasteiger partial charge in [-0.3, -0.25) is 0 Å². The Labute approximate surface area is 127 Å². The van der Waals surface area contributed by atoms with Crippen LogP contribution in [-0.4, -0.2) is 60.6 Å². The van der Waals surface area contributed by atoms with Crippen molar-refractivity contribution in [2.45, 2.75) is 39.3 Å². The summed E-state index contributed by atoms with van der Waals surface area (Å²) in [7, 11) is 2.20. The quantitative estimate of drug-likeness (QED) is 0.832. The van der Waals surface area contributed by atoms with Gasteiger partial charge in [-0.15, -0.1) is 11.3 Å². The van der Waals surface area contributed by atoms with Crippen LogP contribution in [0.3, 0.4) is 0 Å². The van der Waals surface area contributed by atoms with Crippen LogP contribution in [-0.2, 0) is 13.0 Å². The molecule has 1 fully saturated rings. The Bertz CT molecular complexity index is 385. The first-order valence-electron chi connectivity index (χ1n) is 7.75. The van der Waals surface area contributed by atoms with E-state index in [9.17, 15) is 0 Å². The van der Waals surface area contributed by atoms with Crippen molar-refractivity contribution in [3.8, 4) is 0 Å². The number of hydrogen-bond donors (Lipinski definition) is 1. The molecule has 1 aliphatic rings. The molecule has 1 unspecified atom stereocenters. The van der Waals surface area contributed by atoms with Crippen molar-refractivity contribution in [3.63, 3.8) is 0 Å². The number of nitrogens with one attached hydrogen (secondary N) is 1. The second-order valence-corrected chi connectivity index (χ2v) is 6.76. The zero-order valence-electron chi connectivity index (χ0n) is 13.1. The molecule has 1 aromatic heterocycles. The van der Waals surface area contributed by atoms with Gasteiger partial charge in [0.1, 0.15) is 0 Å². The van der Waals surface area contributed by atoms with Gasteiger partial charge in [-0.25, -0.2) is 4.98 Å². The summed E-state index contributed by atoms with van der Waals surface area (Å²) in [4.78, 5) is 9.69. The summed E-state index contributed by atoms with van der Waals surface area (Å²) in [5, 5.41) is 6.99. The first-order chi connectivity index (χ1) is 9.67. The van der Waals surface area contributed by atoms with Gasteiger partial charge < -0.3 is 15.1 Å². The van der Waals surface area contributed by atoms with Crippen molar-refractivity contribution in [3.05, 3.63) is 16.1 Å². The van der Waals surface area contributed by atoms with E-state index in [1.165, 1.54) is 43.3 Å². The predicted molar refractivity (Wildman–Crippen MR) is 86.3 cm³/mol. The Balaban J connectivity index is 1.70. The van der Waals surface area contributed by atoms with E-state index in [2.05, 4.69) is 41.4 Å². The van der Waals surface area contributed by atoms with E-state index in [-0.39, 0.29) is 0 Å². The van der Waals surface area contributed by atoms with E-state index in [1.807, 2.05) is 11.3 Å². The Morgan fingerprint density at radius 2 is 2.10 bits per heavy atom. The molecule has 4 nitrogen and oxygen atoms in total. The van der Waals surface area contributed by atoms with Gasteiger partial charge in [-0.1, -0.05) is 6.92 Å². The van der Waals surface area contributed by atoms with Gasteiger partial charge in [0.05, 0.1) is 10.7 Å². The summed E-state index contributed by atoms with van der Waals surface area (Å²) in [5.74, 6) is 0. The molecule has 114 valence electrons. The molecule has 1 aromatic rings. The molecule has 2 heterocycles. The second kappa shape index (κ2) is 8.08. The SMILES string of the molecule is CCC(C)NCc1csc(CCN2CCN(C)CC2)n1. The molecular weight excluding hydrogens is 268 g/mol. The maximum atomic E-state index is 4.73. The number of hydrogen-bond acceptors (Lipinski definition) is 5. The minimum absolute atomic E-state index is 0.575. The molecule has 0 bridgehead atoms. The summed E-state index contributed by atoms with van der Waals surface area (Å²) >= 11 is 1.81. The smallest absolute Gasteiger partial charge is 0.0941 e. The van der Waals surface area contributed by atoms with Crippen LogP contribution in [0.25, 0.3) is 0 Å². The molecule has 0 amide bonds. The van der Waals surface area contributed by atoms with E-state index >= 15 is 0 Å². The molecule has 0 aliphatic carbocycles. The molecule has 1 saturated heterocycles. The lowest BCUT2D eigenvalue weighted by atomic mass is 10.2. The molecule has 1 N–H and O–H groups in total. The summed E-state index contributed by atoms with van der Waals surface area (Å²) in [6.45, 7) is 11.3. The van der Waals surface area contributed by atoms with Crippen molar-refractivity contribution in [1.29, 1.82) is 0 Å². The topological polar surface area (TPSA) is 31.4 Å². The van der Waals surface area contributed by atoms with Gasteiger partial charge in [0.25, 0.3) is 0 Å². The van der Waals surface area contributed by atoms with Crippen LogP contribution in [0.15, 0.2) is 5.38 Å². The number of piperazine rings is 1. The third kappa shape index (κ3) is 5.13. The molecule has 1 aliphatic heterocycles. The Hall–Kier alpha value is -0.490. The predicted octanol–water partition coefficient (Wildman–Crippen LogP) is 1.82. The van der Waals surface area contributed by atoms with Gasteiger partial charge in [0.15, 0.2) is 0 Å². The van der Waals surface area contributed by atoms with Crippen LogP contribution in [0.4, 0.5) is 0 Å². The van der Waals surface area contributed by atoms with Gasteiger partial charge in [-0.2, -0.15) is 0 Å². The molecular formula is C15H28N4S. The van der Waals surface area contributed by atoms with Crippen LogP contribution < -0.4 is 5.32 Å². The minimum atomic E-state index is 0.575. The van der Waals surface area contributed by atoms with E-state index in [0.29, 0.717) is 6.04 Å². The Morgan fingerprint density at radius 3 is 2.80 bits per heavy atom. The molecule has 0 radical (unpaired) electrons. The molecule has 5 heteroatoms. The zero-order chi connectivity index (χ0) is 14.4. The Morgan fingerprint density at radius 1 is 1.35 bits per heavy atom. The van der Waals surface area contributed by atoms with Crippen LogP contribution in [0.1, 0.15) is 31.0 Å². The first-order valence-corrected chi connectivity index (χ1v) is 8.63. The van der Waals surface area contributed by atoms with Crippen molar-refractivity contribution in [2.75, 3.05) is 39.8 Å². The van der Waals surface area contributed by atoms with E-state index in [0.717, 1.165) is 19.5 Å². The fourth-order valence-electron chi connectivity index (χ4n) is 2.29. The lowest BCUT2D eigenvalue weighted by Crippen LogP contribution is -2.45. The molecule has 2 rings (SSSR count). The summed E-state index contributed by atoms with van der Waals surface area (Å²) in [5.41, 5.74) is 1.20. The normalized spacial score (nSPS) is 19.4. The summed E-state index contributed by atoms with van der Waals surface area (Å²) < 4.78 is 0. The van der Waals surface area contributed by atoms with Crippen molar-refractivity contribution in [1.82, 2.24) is 20.1 Å².